The molecule has 0 radical (unpaired) electrons. The number of hydrogen-bond acceptors (Lipinski definition) is 3. The molecule has 0 amide bonds. The van der Waals surface area contributed by atoms with E-state index in [-0.39, 0.29) is 17.1 Å². The second-order valence-corrected chi connectivity index (χ2v) is 3.89. The minimum Gasteiger partial charge on any atom is -0.507 e. The first-order valence-corrected chi connectivity index (χ1v) is 4.81. The number of benzene rings is 1. The van der Waals surface area contributed by atoms with E-state index in [2.05, 4.69) is 0 Å². The molecule has 0 aliphatic heterocycles. The molecule has 4 nitrogen and oxygen atoms in total. The zero-order chi connectivity index (χ0) is 11.9. The van der Waals surface area contributed by atoms with Gasteiger partial charge in [0.25, 0.3) is 0 Å². The number of ether oxygens (including phenoxy) is 1. The first kappa shape index (κ1) is 10.7. The number of methoxy groups -OCH3 is 1. The highest BCUT2D eigenvalue weighted by Gasteiger charge is 2.55. The van der Waals surface area contributed by atoms with E-state index in [0.717, 1.165) is 12.1 Å². The van der Waals surface area contributed by atoms with Gasteiger partial charge in [-0.05, 0) is 12.8 Å². The van der Waals surface area contributed by atoms with Crippen molar-refractivity contribution < 1.29 is 24.1 Å². The monoisotopic (exact) mass is 226 g/mol. The van der Waals surface area contributed by atoms with Crippen molar-refractivity contribution in [1.29, 1.82) is 0 Å². The summed E-state index contributed by atoms with van der Waals surface area (Å²) in [7, 11) is 1.32. The molecular formula is C11H11FO4. The van der Waals surface area contributed by atoms with E-state index in [1.54, 1.807) is 0 Å². The van der Waals surface area contributed by atoms with Crippen LogP contribution >= 0.6 is 0 Å². The number of carboxylic acids is 1. The third kappa shape index (κ3) is 1.39. The third-order valence-electron chi connectivity index (χ3n) is 2.90. The van der Waals surface area contributed by atoms with E-state index in [0.29, 0.717) is 12.8 Å². The number of hydrogen-bond donors (Lipinski definition) is 2. The standard InChI is InChI=1S/C11H11FO4/c1-16-8-5-6(12)4-7(13)9(8)11(2-3-11)10(14)15/h4-5,13H,2-3H2,1H3,(H,14,15). The molecule has 16 heavy (non-hydrogen) atoms. The number of phenolic OH excluding ortho intramolecular Hbond substituents is 1. The van der Waals surface area contributed by atoms with Gasteiger partial charge in [-0.1, -0.05) is 0 Å². The lowest BCUT2D eigenvalue weighted by Crippen LogP contribution is -2.20. The van der Waals surface area contributed by atoms with Crippen LogP contribution in [-0.4, -0.2) is 23.3 Å². The van der Waals surface area contributed by atoms with Crippen molar-refractivity contribution in [3.63, 3.8) is 0 Å². The molecule has 1 aliphatic rings. The highest BCUT2D eigenvalue weighted by atomic mass is 19.1. The Hall–Kier alpha value is -1.78. The summed E-state index contributed by atoms with van der Waals surface area (Å²) in [6.07, 6.45) is 0.857. The van der Waals surface area contributed by atoms with Gasteiger partial charge in [0.1, 0.15) is 22.7 Å². The van der Waals surface area contributed by atoms with Crippen LogP contribution in [0, 0.1) is 5.82 Å². The molecule has 1 aliphatic carbocycles. The summed E-state index contributed by atoms with van der Waals surface area (Å²) in [5.74, 6) is -1.96. The lowest BCUT2D eigenvalue weighted by Gasteiger charge is -2.16. The largest absolute Gasteiger partial charge is 0.507 e. The Kier molecular flexibility index (Phi) is 2.26. The first-order chi connectivity index (χ1) is 7.51. The van der Waals surface area contributed by atoms with Gasteiger partial charge < -0.3 is 14.9 Å². The molecule has 0 heterocycles. The maximum Gasteiger partial charge on any atom is 0.314 e. The van der Waals surface area contributed by atoms with Crippen molar-refractivity contribution in [3.05, 3.63) is 23.5 Å². The zero-order valence-corrected chi connectivity index (χ0v) is 8.66. The molecule has 0 spiro atoms. The maximum absolute atomic E-state index is 13.0. The van der Waals surface area contributed by atoms with Crippen molar-refractivity contribution in [2.75, 3.05) is 7.11 Å². The van der Waals surface area contributed by atoms with E-state index >= 15 is 0 Å². The molecular weight excluding hydrogens is 215 g/mol. The fraction of sp³-hybridized carbons (Fsp3) is 0.364. The van der Waals surface area contributed by atoms with Gasteiger partial charge in [-0.15, -0.1) is 0 Å². The minimum absolute atomic E-state index is 0.0809. The number of carbonyl (C=O) groups is 1. The first-order valence-electron chi connectivity index (χ1n) is 4.81. The molecule has 5 heteroatoms. The number of rotatable bonds is 3. The third-order valence-corrected chi connectivity index (χ3v) is 2.90. The van der Waals surface area contributed by atoms with Crippen molar-refractivity contribution in [2.45, 2.75) is 18.3 Å². The van der Waals surface area contributed by atoms with Gasteiger partial charge in [0.05, 0.1) is 12.7 Å². The second-order valence-electron chi connectivity index (χ2n) is 3.89. The van der Waals surface area contributed by atoms with E-state index in [1.165, 1.54) is 7.11 Å². The summed E-state index contributed by atoms with van der Waals surface area (Å²) >= 11 is 0. The molecule has 2 N–H and O–H groups in total. The Morgan fingerprint density at radius 1 is 1.50 bits per heavy atom. The van der Waals surface area contributed by atoms with Crippen LogP contribution in [0.3, 0.4) is 0 Å². The molecule has 0 atom stereocenters. The molecule has 2 rings (SSSR count). The number of halogens is 1. The predicted molar refractivity (Wildman–Crippen MR) is 53.2 cm³/mol. The molecule has 0 bridgehead atoms. The van der Waals surface area contributed by atoms with Crippen LogP contribution in [0.4, 0.5) is 4.39 Å². The number of phenols is 1. The van der Waals surface area contributed by atoms with Gasteiger partial charge in [0, 0.05) is 12.1 Å². The molecule has 0 unspecified atom stereocenters. The quantitative estimate of drug-likeness (QED) is 0.822. The molecule has 1 fully saturated rings. The lowest BCUT2D eigenvalue weighted by atomic mass is 9.94. The van der Waals surface area contributed by atoms with Gasteiger partial charge in [-0.2, -0.15) is 0 Å². The molecule has 0 saturated heterocycles. The summed E-state index contributed by atoms with van der Waals surface area (Å²) in [4.78, 5) is 11.1. The van der Waals surface area contributed by atoms with Crippen molar-refractivity contribution in [3.8, 4) is 11.5 Å². The highest BCUT2D eigenvalue weighted by Crippen LogP contribution is 2.54. The van der Waals surface area contributed by atoms with Crippen molar-refractivity contribution in [2.24, 2.45) is 0 Å². The van der Waals surface area contributed by atoms with Crippen LogP contribution in [0.2, 0.25) is 0 Å². The molecule has 1 aromatic carbocycles. The zero-order valence-electron chi connectivity index (χ0n) is 8.66. The SMILES string of the molecule is COc1cc(F)cc(O)c1C1(C(=O)O)CC1. The van der Waals surface area contributed by atoms with Crippen LogP contribution in [-0.2, 0) is 10.2 Å². The van der Waals surface area contributed by atoms with Gasteiger partial charge in [-0.3, -0.25) is 4.79 Å². The molecule has 1 aromatic rings. The molecule has 86 valence electrons. The minimum atomic E-state index is -1.11. The summed E-state index contributed by atoms with van der Waals surface area (Å²) in [5.41, 5.74) is -0.938. The highest BCUT2D eigenvalue weighted by molar-refractivity contribution is 5.87. The number of aromatic hydroxyl groups is 1. The van der Waals surface area contributed by atoms with Crippen molar-refractivity contribution >= 4 is 5.97 Å². The Morgan fingerprint density at radius 3 is 2.56 bits per heavy atom. The maximum atomic E-state index is 13.0. The lowest BCUT2D eigenvalue weighted by molar-refractivity contribution is -0.140. The average molecular weight is 226 g/mol. The summed E-state index contributed by atoms with van der Waals surface area (Å²) in [5, 5.41) is 18.8. The van der Waals surface area contributed by atoms with Crippen LogP contribution < -0.4 is 4.74 Å². The van der Waals surface area contributed by atoms with Crippen LogP contribution in [0.25, 0.3) is 0 Å². The predicted octanol–water partition coefficient (Wildman–Crippen LogP) is 1.66. The van der Waals surface area contributed by atoms with Gasteiger partial charge in [-0.25, -0.2) is 4.39 Å². The van der Waals surface area contributed by atoms with Gasteiger partial charge in [0.15, 0.2) is 0 Å². The van der Waals surface area contributed by atoms with Crippen molar-refractivity contribution in [1.82, 2.24) is 0 Å². The van der Waals surface area contributed by atoms with E-state index in [9.17, 15) is 14.3 Å². The van der Waals surface area contributed by atoms with E-state index in [1.807, 2.05) is 0 Å². The summed E-state index contributed by atoms with van der Waals surface area (Å²) in [6, 6.07) is 1.99. The molecule has 0 aromatic heterocycles. The summed E-state index contributed by atoms with van der Waals surface area (Å²) in [6.45, 7) is 0. The van der Waals surface area contributed by atoms with E-state index < -0.39 is 17.2 Å². The smallest absolute Gasteiger partial charge is 0.314 e. The Balaban J connectivity index is 2.60. The molecule has 1 saturated carbocycles. The second kappa shape index (κ2) is 3.37. The Morgan fingerprint density at radius 2 is 2.12 bits per heavy atom. The van der Waals surface area contributed by atoms with Crippen LogP contribution in [0.15, 0.2) is 12.1 Å². The summed E-state index contributed by atoms with van der Waals surface area (Å²) < 4.78 is 17.9. The Labute approximate surface area is 91.3 Å². The topological polar surface area (TPSA) is 66.8 Å². The van der Waals surface area contributed by atoms with E-state index in [4.69, 9.17) is 9.84 Å². The van der Waals surface area contributed by atoms with Gasteiger partial charge in [0.2, 0.25) is 0 Å². The fourth-order valence-corrected chi connectivity index (χ4v) is 1.91. The normalized spacial score (nSPS) is 16.9. The van der Waals surface area contributed by atoms with Gasteiger partial charge >= 0.3 is 5.97 Å². The average Bonchev–Trinajstić information content (AvgIpc) is 2.97. The Bertz CT molecular complexity index is 452. The number of carboxylic acid groups (broad SMARTS) is 1. The fourth-order valence-electron chi connectivity index (χ4n) is 1.91. The van der Waals surface area contributed by atoms with Crippen LogP contribution in [0.5, 0.6) is 11.5 Å². The number of aliphatic carboxylic acids is 1. The van der Waals surface area contributed by atoms with Crippen LogP contribution in [0.1, 0.15) is 18.4 Å².